The van der Waals surface area contributed by atoms with E-state index in [2.05, 4.69) is 4.99 Å². The highest BCUT2D eigenvalue weighted by Crippen LogP contribution is 2.51. The van der Waals surface area contributed by atoms with Crippen molar-refractivity contribution in [3.8, 4) is 0 Å². The maximum atomic E-state index is 12.5. The number of benzene rings is 1. The number of aliphatic imine (C=N–C) groups is 1. The van der Waals surface area contributed by atoms with Gasteiger partial charge in [0.15, 0.2) is 0 Å². The van der Waals surface area contributed by atoms with Gasteiger partial charge in [-0.1, -0.05) is 19.1 Å². The van der Waals surface area contributed by atoms with Crippen LogP contribution in [0.1, 0.15) is 29.8 Å². The molecule has 0 spiro atoms. The fourth-order valence-electron chi connectivity index (χ4n) is 4.72. The number of rotatable bonds is 7. The molecular weight excluding hydrogens is 434 g/mol. The molecule has 5 atom stereocenters. The number of aromatic carboxylic acids is 1. The standard InChI is InChI=1S/C22H25N3O6S/c1-11-17-16(12(2)26)20(27)25(17)18(22(30)31)19(11)32-15-7-23-10-24(9-15)8-13-4-3-5-14(6-13)21(28)29/h3-6,10-12,15-17,26H,7-9H2,1-2H3,(H,28,29)(H,30,31)/t11-,12-,15?,16-,17?/m1/s1. The second kappa shape index (κ2) is 8.59. The summed E-state index contributed by atoms with van der Waals surface area (Å²) in [4.78, 5) is 44.1. The van der Waals surface area contributed by atoms with Crippen LogP contribution in [0, 0.1) is 11.8 Å². The number of amides is 1. The van der Waals surface area contributed by atoms with Crippen molar-refractivity contribution >= 4 is 35.9 Å². The van der Waals surface area contributed by atoms with Gasteiger partial charge in [-0.25, -0.2) is 9.59 Å². The maximum Gasteiger partial charge on any atom is 0.353 e. The summed E-state index contributed by atoms with van der Waals surface area (Å²) in [5.41, 5.74) is 1.08. The molecule has 0 bridgehead atoms. The maximum absolute atomic E-state index is 12.5. The van der Waals surface area contributed by atoms with E-state index < -0.39 is 24.0 Å². The van der Waals surface area contributed by atoms with Gasteiger partial charge in [0.25, 0.3) is 0 Å². The third-order valence-corrected chi connectivity index (χ3v) is 7.61. The number of hydrogen-bond acceptors (Lipinski definition) is 7. The summed E-state index contributed by atoms with van der Waals surface area (Å²) in [6.45, 7) is 5.06. The van der Waals surface area contributed by atoms with Crippen molar-refractivity contribution < 1.29 is 29.7 Å². The zero-order valence-electron chi connectivity index (χ0n) is 17.7. The van der Waals surface area contributed by atoms with Gasteiger partial charge >= 0.3 is 11.9 Å². The van der Waals surface area contributed by atoms with Gasteiger partial charge in [0.1, 0.15) is 5.70 Å². The first-order chi connectivity index (χ1) is 15.2. The van der Waals surface area contributed by atoms with E-state index in [1.165, 1.54) is 16.7 Å². The van der Waals surface area contributed by atoms with Crippen LogP contribution < -0.4 is 0 Å². The number of carboxylic acid groups (broad SMARTS) is 2. The highest BCUT2D eigenvalue weighted by atomic mass is 32.2. The Labute approximate surface area is 189 Å². The van der Waals surface area contributed by atoms with Crippen molar-refractivity contribution in [3.63, 3.8) is 0 Å². The van der Waals surface area contributed by atoms with Crippen LogP contribution in [0.4, 0.5) is 0 Å². The summed E-state index contributed by atoms with van der Waals surface area (Å²) < 4.78 is 0. The first-order valence-corrected chi connectivity index (χ1v) is 11.3. The minimum atomic E-state index is -1.14. The number of carbonyl (C=O) groups excluding carboxylic acids is 1. The molecule has 9 nitrogen and oxygen atoms in total. The molecule has 0 aromatic heterocycles. The molecule has 1 amide bonds. The first-order valence-electron chi connectivity index (χ1n) is 10.4. The van der Waals surface area contributed by atoms with Crippen molar-refractivity contribution in [2.75, 3.05) is 13.1 Å². The van der Waals surface area contributed by atoms with Gasteiger partial charge in [-0.15, -0.1) is 11.8 Å². The van der Waals surface area contributed by atoms with Crippen molar-refractivity contribution in [3.05, 3.63) is 46.0 Å². The lowest BCUT2D eigenvalue weighted by atomic mass is 9.79. The van der Waals surface area contributed by atoms with Crippen molar-refractivity contribution in [1.82, 2.24) is 9.80 Å². The summed E-state index contributed by atoms with van der Waals surface area (Å²) in [5.74, 6) is -3.23. The number of hydrogen-bond donors (Lipinski definition) is 3. The Morgan fingerprint density at radius 3 is 2.69 bits per heavy atom. The fourth-order valence-corrected chi connectivity index (χ4v) is 6.16. The van der Waals surface area contributed by atoms with Crippen LogP contribution in [0.25, 0.3) is 0 Å². The van der Waals surface area contributed by atoms with Gasteiger partial charge in [0, 0.05) is 29.2 Å². The third-order valence-electron chi connectivity index (χ3n) is 6.16. The molecule has 3 aliphatic heterocycles. The Kier molecular flexibility index (Phi) is 6.00. The zero-order chi connectivity index (χ0) is 23.2. The van der Waals surface area contributed by atoms with Gasteiger partial charge < -0.3 is 25.1 Å². The zero-order valence-corrected chi connectivity index (χ0v) is 18.5. The molecule has 4 rings (SSSR count). The molecule has 3 aliphatic rings. The van der Waals surface area contributed by atoms with E-state index in [9.17, 15) is 29.7 Å². The molecule has 10 heteroatoms. The number of nitrogens with zero attached hydrogens (tertiary/aromatic N) is 3. The van der Waals surface area contributed by atoms with Gasteiger partial charge in [0.05, 0.1) is 36.5 Å². The van der Waals surface area contributed by atoms with E-state index in [0.29, 0.717) is 24.5 Å². The van der Waals surface area contributed by atoms with Gasteiger partial charge in [-0.05, 0) is 24.6 Å². The number of carbonyl (C=O) groups is 3. The number of aliphatic hydroxyl groups excluding tert-OH is 1. The number of aliphatic carboxylic acids is 1. The van der Waals surface area contributed by atoms with Gasteiger partial charge in [-0.3, -0.25) is 9.79 Å². The minimum absolute atomic E-state index is 0.0182. The normalized spacial score (nSPS) is 27.9. The lowest BCUT2D eigenvalue weighted by Crippen LogP contribution is -2.63. The summed E-state index contributed by atoms with van der Waals surface area (Å²) in [5, 5.41) is 29.0. The molecule has 1 aromatic carbocycles. The molecule has 1 saturated heterocycles. The molecule has 1 fully saturated rings. The highest BCUT2D eigenvalue weighted by molar-refractivity contribution is 8.03. The molecule has 2 unspecified atom stereocenters. The van der Waals surface area contributed by atoms with Crippen LogP contribution >= 0.6 is 11.8 Å². The topological polar surface area (TPSA) is 131 Å². The largest absolute Gasteiger partial charge is 0.478 e. The van der Waals surface area contributed by atoms with E-state index in [1.807, 2.05) is 17.9 Å². The molecule has 3 N–H and O–H groups in total. The Balaban J connectivity index is 1.49. The molecule has 0 aliphatic carbocycles. The van der Waals surface area contributed by atoms with Crippen LogP contribution in [0.3, 0.4) is 0 Å². The monoisotopic (exact) mass is 459 g/mol. The predicted octanol–water partition coefficient (Wildman–Crippen LogP) is 1.48. The number of aliphatic hydroxyl groups is 1. The first kappa shape index (κ1) is 22.3. The van der Waals surface area contributed by atoms with E-state index >= 15 is 0 Å². The number of carboxylic acids is 2. The minimum Gasteiger partial charge on any atom is -0.478 e. The van der Waals surface area contributed by atoms with Crippen molar-refractivity contribution in [1.29, 1.82) is 0 Å². The summed E-state index contributed by atoms with van der Waals surface area (Å²) in [6.07, 6.45) is 0.900. The van der Waals surface area contributed by atoms with E-state index in [-0.39, 0.29) is 34.4 Å². The van der Waals surface area contributed by atoms with Crippen LogP contribution in [0.2, 0.25) is 0 Å². The Morgan fingerprint density at radius 2 is 2.03 bits per heavy atom. The smallest absolute Gasteiger partial charge is 0.353 e. The Hall–Kier alpha value is -2.85. The predicted molar refractivity (Wildman–Crippen MR) is 118 cm³/mol. The molecule has 170 valence electrons. The second-order valence-electron chi connectivity index (χ2n) is 8.43. The summed E-state index contributed by atoms with van der Waals surface area (Å²) in [6, 6.07) is 6.40. The van der Waals surface area contributed by atoms with Gasteiger partial charge in [-0.2, -0.15) is 0 Å². The van der Waals surface area contributed by atoms with E-state index in [1.54, 1.807) is 31.5 Å². The highest BCUT2D eigenvalue weighted by Gasteiger charge is 2.60. The average molecular weight is 460 g/mol. The van der Waals surface area contributed by atoms with Crippen LogP contribution in [-0.2, 0) is 16.1 Å². The summed E-state index contributed by atoms with van der Waals surface area (Å²) >= 11 is 1.43. The molecule has 0 radical (unpaired) electrons. The molecule has 3 heterocycles. The molecule has 0 saturated carbocycles. The average Bonchev–Trinajstić information content (AvgIpc) is 2.97. The second-order valence-corrected chi connectivity index (χ2v) is 9.77. The lowest BCUT2D eigenvalue weighted by molar-refractivity contribution is -0.163. The molecule has 32 heavy (non-hydrogen) atoms. The van der Waals surface area contributed by atoms with Crippen LogP contribution in [0.5, 0.6) is 0 Å². The van der Waals surface area contributed by atoms with Crippen LogP contribution in [-0.4, -0.2) is 79.8 Å². The Morgan fingerprint density at radius 1 is 1.28 bits per heavy atom. The number of thioether (sulfide) groups is 1. The van der Waals surface area contributed by atoms with Crippen molar-refractivity contribution in [2.24, 2.45) is 16.8 Å². The fraction of sp³-hybridized carbons (Fsp3) is 0.455. The van der Waals surface area contributed by atoms with E-state index in [4.69, 9.17) is 0 Å². The summed E-state index contributed by atoms with van der Waals surface area (Å²) in [7, 11) is 0. The SMILES string of the molecule is C[C@H]1C(SC2CN=CN(Cc3cccc(C(=O)O)c3)C2)=C(C(=O)O)N2C(=O)[C@H]([C@@H](C)O)C12. The quantitative estimate of drug-likeness (QED) is 0.523. The van der Waals surface area contributed by atoms with E-state index in [0.717, 1.165) is 5.56 Å². The number of β-lactam (4-membered cyclic amide) rings is 1. The third kappa shape index (κ3) is 3.88. The molecular formula is C22H25N3O6S. The van der Waals surface area contributed by atoms with Gasteiger partial charge in [0.2, 0.25) is 5.91 Å². The molecule has 1 aromatic rings. The van der Waals surface area contributed by atoms with Crippen LogP contribution in [0.15, 0.2) is 39.9 Å². The number of fused-ring (bicyclic) bond motifs is 1. The lowest BCUT2D eigenvalue weighted by Gasteiger charge is -2.46. The Bertz CT molecular complexity index is 1020. The van der Waals surface area contributed by atoms with Crippen molar-refractivity contribution in [2.45, 2.75) is 37.8 Å².